The van der Waals surface area contributed by atoms with Crippen molar-refractivity contribution in [1.29, 1.82) is 0 Å². The van der Waals surface area contributed by atoms with Gasteiger partial charge >= 0.3 is 0 Å². The lowest BCUT2D eigenvalue weighted by Gasteiger charge is -2.01. The van der Waals surface area contributed by atoms with E-state index < -0.39 is 24.5 Å². The molecular weight excluding hydrogens is 171 g/mol. The molecule has 0 aliphatic heterocycles. The Kier molecular flexibility index (Phi) is 2.65. The van der Waals surface area contributed by atoms with Gasteiger partial charge in [-0.25, -0.2) is 18.2 Å². The SMILES string of the molecule is OCc1cc(F)cc(C(F)F)n1. The van der Waals surface area contributed by atoms with Crippen molar-refractivity contribution in [1.82, 2.24) is 4.98 Å². The van der Waals surface area contributed by atoms with E-state index in [2.05, 4.69) is 4.98 Å². The Morgan fingerprint density at radius 1 is 1.42 bits per heavy atom. The second-order valence-corrected chi connectivity index (χ2v) is 2.16. The van der Waals surface area contributed by atoms with Crippen molar-refractivity contribution in [2.45, 2.75) is 13.0 Å². The molecule has 0 aliphatic carbocycles. The summed E-state index contributed by atoms with van der Waals surface area (Å²) >= 11 is 0. The maximum absolute atomic E-state index is 12.5. The number of aromatic nitrogens is 1. The van der Waals surface area contributed by atoms with Crippen LogP contribution in [0.25, 0.3) is 0 Å². The van der Waals surface area contributed by atoms with Crippen LogP contribution >= 0.6 is 0 Å². The third kappa shape index (κ3) is 1.94. The summed E-state index contributed by atoms with van der Waals surface area (Å²) in [4.78, 5) is 3.31. The molecule has 0 spiro atoms. The van der Waals surface area contributed by atoms with E-state index in [0.717, 1.165) is 6.07 Å². The molecule has 12 heavy (non-hydrogen) atoms. The van der Waals surface area contributed by atoms with E-state index in [1.54, 1.807) is 0 Å². The monoisotopic (exact) mass is 177 g/mol. The lowest BCUT2D eigenvalue weighted by Crippen LogP contribution is -1.97. The zero-order valence-electron chi connectivity index (χ0n) is 5.97. The molecule has 1 N–H and O–H groups in total. The number of aliphatic hydroxyl groups is 1. The quantitative estimate of drug-likeness (QED) is 0.745. The van der Waals surface area contributed by atoms with Gasteiger partial charge in [-0.1, -0.05) is 0 Å². The zero-order valence-corrected chi connectivity index (χ0v) is 5.97. The van der Waals surface area contributed by atoms with E-state index in [4.69, 9.17) is 5.11 Å². The van der Waals surface area contributed by atoms with Crippen LogP contribution in [0.3, 0.4) is 0 Å². The highest BCUT2D eigenvalue weighted by atomic mass is 19.3. The maximum Gasteiger partial charge on any atom is 0.280 e. The number of hydrogen-bond acceptors (Lipinski definition) is 2. The standard InChI is InChI=1S/C7H6F3NO/c8-4-1-5(3-12)11-6(2-4)7(9)10/h1-2,7,12H,3H2. The Morgan fingerprint density at radius 2 is 2.08 bits per heavy atom. The first-order valence-corrected chi connectivity index (χ1v) is 3.19. The van der Waals surface area contributed by atoms with Crippen LogP contribution in [0.1, 0.15) is 17.8 Å². The molecule has 0 saturated carbocycles. The molecule has 0 radical (unpaired) electrons. The van der Waals surface area contributed by atoms with Gasteiger partial charge in [-0.2, -0.15) is 0 Å². The van der Waals surface area contributed by atoms with Crippen molar-refractivity contribution in [3.05, 3.63) is 29.3 Å². The Balaban J connectivity index is 3.06. The molecule has 66 valence electrons. The minimum absolute atomic E-state index is 0.0923. The summed E-state index contributed by atoms with van der Waals surface area (Å²) in [5.41, 5.74) is -0.746. The third-order valence-electron chi connectivity index (χ3n) is 1.25. The van der Waals surface area contributed by atoms with Gasteiger partial charge in [0.1, 0.15) is 11.5 Å². The number of pyridine rings is 1. The number of aliphatic hydroxyl groups excluding tert-OH is 1. The van der Waals surface area contributed by atoms with Crippen LogP contribution in [0.2, 0.25) is 0 Å². The van der Waals surface area contributed by atoms with Gasteiger partial charge in [0.15, 0.2) is 0 Å². The van der Waals surface area contributed by atoms with Crippen LogP contribution in [0.4, 0.5) is 13.2 Å². The molecule has 5 heteroatoms. The van der Waals surface area contributed by atoms with Crippen LogP contribution in [0.5, 0.6) is 0 Å². The predicted octanol–water partition coefficient (Wildman–Crippen LogP) is 1.65. The van der Waals surface area contributed by atoms with Crippen molar-refractivity contribution in [2.24, 2.45) is 0 Å². The first-order chi connectivity index (χ1) is 5.63. The fourth-order valence-electron chi connectivity index (χ4n) is 0.765. The Labute approximate surface area is 66.7 Å². The number of rotatable bonds is 2. The summed E-state index contributed by atoms with van der Waals surface area (Å²) in [6, 6.07) is 1.55. The van der Waals surface area contributed by atoms with E-state index in [0.29, 0.717) is 6.07 Å². The van der Waals surface area contributed by atoms with Crippen LogP contribution in [0.15, 0.2) is 12.1 Å². The van der Waals surface area contributed by atoms with E-state index in [1.165, 1.54) is 0 Å². The first-order valence-electron chi connectivity index (χ1n) is 3.19. The molecule has 0 atom stereocenters. The topological polar surface area (TPSA) is 33.1 Å². The molecule has 1 aromatic heterocycles. The van der Waals surface area contributed by atoms with Gasteiger partial charge in [0, 0.05) is 6.07 Å². The summed E-state index contributed by atoms with van der Waals surface area (Å²) in [6.07, 6.45) is -2.81. The first kappa shape index (κ1) is 8.99. The molecule has 0 unspecified atom stereocenters. The maximum atomic E-state index is 12.5. The second kappa shape index (κ2) is 3.53. The molecule has 1 aromatic rings. The fourth-order valence-corrected chi connectivity index (χ4v) is 0.765. The zero-order chi connectivity index (χ0) is 9.14. The highest BCUT2D eigenvalue weighted by Gasteiger charge is 2.11. The Hall–Kier alpha value is -1.10. The Bertz CT molecular complexity index is 277. The lowest BCUT2D eigenvalue weighted by atomic mass is 10.3. The van der Waals surface area contributed by atoms with Crippen LogP contribution in [0, 0.1) is 5.82 Å². The van der Waals surface area contributed by atoms with Crippen molar-refractivity contribution in [2.75, 3.05) is 0 Å². The van der Waals surface area contributed by atoms with E-state index >= 15 is 0 Å². The number of hydrogen-bond donors (Lipinski definition) is 1. The highest BCUT2D eigenvalue weighted by molar-refractivity contribution is 5.13. The molecule has 0 saturated heterocycles. The summed E-state index contributed by atoms with van der Waals surface area (Å²) in [6.45, 7) is -0.544. The van der Waals surface area contributed by atoms with Gasteiger partial charge in [-0.15, -0.1) is 0 Å². The summed E-state index contributed by atoms with van der Waals surface area (Å²) < 4.78 is 36.4. The van der Waals surface area contributed by atoms with Crippen LogP contribution in [-0.4, -0.2) is 10.1 Å². The van der Waals surface area contributed by atoms with Crippen molar-refractivity contribution < 1.29 is 18.3 Å². The van der Waals surface area contributed by atoms with Crippen LogP contribution in [-0.2, 0) is 6.61 Å². The van der Waals surface area contributed by atoms with Gasteiger partial charge in [0.2, 0.25) is 0 Å². The molecule has 0 aliphatic rings. The molecule has 0 fully saturated rings. The molecular formula is C7H6F3NO. The van der Waals surface area contributed by atoms with Crippen LogP contribution < -0.4 is 0 Å². The molecule has 0 bridgehead atoms. The fraction of sp³-hybridized carbons (Fsp3) is 0.286. The smallest absolute Gasteiger partial charge is 0.280 e. The molecule has 1 rings (SSSR count). The van der Waals surface area contributed by atoms with Gasteiger partial charge in [0.25, 0.3) is 6.43 Å². The van der Waals surface area contributed by atoms with Crippen molar-refractivity contribution in [3.63, 3.8) is 0 Å². The van der Waals surface area contributed by atoms with Gasteiger partial charge in [-0.3, -0.25) is 0 Å². The van der Waals surface area contributed by atoms with E-state index in [-0.39, 0.29) is 5.69 Å². The number of halogens is 3. The molecule has 0 aromatic carbocycles. The van der Waals surface area contributed by atoms with Crippen molar-refractivity contribution in [3.8, 4) is 0 Å². The number of nitrogens with zero attached hydrogens (tertiary/aromatic N) is 1. The van der Waals surface area contributed by atoms with E-state index in [9.17, 15) is 13.2 Å². The van der Waals surface area contributed by atoms with E-state index in [1.807, 2.05) is 0 Å². The van der Waals surface area contributed by atoms with Gasteiger partial charge in [-0.05, 0) is 6.07 Å². The Morgan fingerprint density at radius 3 is 2.58 bits per heavy atom. The second-order valence-electron chi connectivity index (χ2n) is 2.16. The average molecular weight is 177 g/mol. The predicted molar refractivity (Wildman–Crippen MR) is 35.1 cm³/mol. The summed E-state index contributed by atoms with van der Waals surface area (Å²) in [7, 11) is 0. The minimum Gasteiger partial charge on any atom is -0.390 e. The van der Waals surface area contributed by atoms with Gasteiger partial charge in [0.05, 0.1) is 12.3 Å². The average Bonchev–Trinajstić information content (AvgIpc) is 2.03. The summed E-state index contributed by atoms with van der Waals surface area (Å²) in [5, 5.41) is 8.49. The molecule has 0 amide bonds. The molecule has 2 nitrogen and oxygen atoms in total. The van der Waals surface area contributed by atoms with Crippen molar-refractivity contribution >= 4 is 0 Å². The lowest BCUT2D eigenvalue weighted by molar-refractivity contribution is 0.144. The highest BCUT2D eigenvalue weighted by Crippen LogP contribution is 2.17. The normalized spacial score (nSPS) is 10.8. The number of alkyl halides is 2. The summed E-state index contributed by atoms with van der Waals surface area (Å²) in [5.74, 6) is -0.815. The van der Waals surface area contributed by atoms with Gasteiger partial charge < -0.3 is 5.11 Å². The third-order valence-corrected chi connectivity index (χ3v) is 1.25. The largest absolute Gasteiger partial charge is 0.390 e. The molecule has 1 heterocycles. The minimum atomic E-state index is -2.81.